The highest BCUT2D eigenvalue weighted by atomic mass is 35.5. The molecule has 0 aliphatic carbocycles. The maximum atomic E-state index is 13.6. The Morgan fingerprint density at radius 2 is 1.89 bits per heavy atom. The minimum absolute atomic E-state index is 0.250. The third-order valence-electron chi connectivity index (χ3n) is 5.72. The fourth-order valence-corrected chi connectivity index (χ4v) is 5.72. The van der Waals surface area contributed by atoms with Crippen LogP contribution < -0.4 is 14.9 Å². The molecule has 2 aromatic carbocycles. The van der Waals surface area contributed by atoms with Crippen LogP contribution in [0.25, 0.3) is 17.4 Å². The van der Waals surface area contributed by atoms with Crippen LogP contribution in [0, 0.1) is 0 Å². The number of thiazole rings is 1. The molecule has 0 spiro atoms. The van der Waals surface area contributed by atoms with Crippen LogP contribution in [-0.4, -0.2) is 17.6 Å². The molecule has 0 N–H and O–H groups in total. The minimum Gasteiger partial charge on any atom is -0.466 e. The number of aromatic nitrogens is 1. The molecule has 2 aromatic heterocycles. The van der Waals surface area contributed by atoms with Crippen LogP contribution >= 0.6 is 46.1 Å². The number of hydrogen-bond donors (Lipinski definition) is 0. The standard InChI is InChI=1S/C26H17Cl3N2O4S/c1-13-22(25(33)34-2)23(16-5-3-4-6-18(16)28)31-24(32)21(36-26(31)30-13)12-15-8-10-20(35-15)17-11-14(27)7-9-19(17)29/h3-12,23H,1-2H3/b21-12-/t23-/m1/s1. The zero-order chi connectivity index (χ0) is 25.6. The van der Waals surface area contributed by atoms with Crippen LogP contribution in [0.2, 0.25) is 15.1 Å². The summed E-state index contributed by atoms with van der Waals surface area (Å²) >= 11 is 20.1. The number of rotatable bonds is 4. The van der Waals surface area contributed by atoms with E-state index in [4.69, 9.17) is 44.0 Å². The van der Waals surface area contributed by atoms with E-state index in [9.17, 15) is 9.59 Å². The number of methoxy groups -OCH3 is 1. The van der Waals surface area contributed by atoms with E-state index in [1.165, 1.54) is 23.0 Å². The second-order valence-corrected chi connectivity index (χ2v) is 10.2. The molecule has 1 aliphatic rings. The van der Waals surface area contributed by atoms with Gasteiger partial charge in [-0.05, 0) is 48.9 Å². The summed E-state index contributed by atoms with van der Waals surface area (Å²) in [7, 11) is 1.29. The number of furan rings is 1. The first kappa shape index (κ1) is 24.6. The molecule has 0 saturated heterocycles. The molecular formula is C26H17Cl3N2O4S. The summed E-state index contributed by atoms with van der Waals surface area (Å²) in [4.78, 5) is 31.3. The van der Waals surface area contributed by atoms with Crippen molar-refractivity contribution in [2.45, 2.75) is 13.0 Å². The van der Waals surface area contributed by atoms with E-state index in [1.54, 1.807) is 67.6 Å². The SMILES string of the molecule is COC(=O)C1=C(C)N=c2s/c(=C\c3ccc(-c4cc(Cl)ccc4Cl)o3)c(=O)n2[C@@H]1c1ccccc1Cl. The number of halogens is 3. The average Bonchev–Trinajstić information content (AvgIpc) is 3.44. The fourth-order valence-electron chi connectivity index (χ4n) is 4.07. The number of allylic oxidation sites excluding steroid dienone is 1. The van der Waals surface area contributed by atoms with Crippen molar-refractivity contribution in [2.75, 3.05) is 7.11 Å². The molecule has 10 heteroatoms. The predicted molar refractivity (Wildman–Crippen MR) is 141 cm³/mol. The number of esters is 1. The van der Waals surface area contributed by atoms with Crippen molar-refractivity contribution in [1.82, 2.24) is 4.57 Å². The van der Waals surface area contributed by atoms with Crippen molar-refractivity contribution in [1.29, 1.82) is 0 Å². The minimum atomic E-state index is -0.790. The topological polar surface area (TPSA) is 73.8 Å². The Balaban J connectivity index is 1.67. The van der Waals surface area contributed by atoms with Gasteiger partial charge in [-0.25, -0.2) is 9.79 Å². The third kappa shape index (κ3) is 4.33. The fraction of sp³-hybridized carbons (Fsp3) is 0.115. The average molecular weight is 560 g/mol. The largest absolute Gasteiger partial charge is 0.466 e. The Morgan fingerprint density at radius 1 is 1.11 bits per heavy atom. The summed E-state index contributed by atoms with van der Waals surface area (Å²) in [6.45, 7) is 1.71. The van der Waals surface area contributed by atoms with E-state index in [0.717, 1.165) is 0 Å². The lowest BCUT2D eigenvalue weighted by atomic mass is 9.96. The lowest BCUT2D eigenvalue weighted by Gasteiger charge is -2.25. The Labute approximate surface area is 224 Å². The first-order chi connectivity index (χ1) is 17.3. The maximum Gasteiger partial charge on any atom is 0.338 e. The smallest absolute Gasteiger partial charge is 0.338 e. The molecule has 6 nitrogen and oxygen atoms in total. The van der Waals surface area contributed by atoms with Crippen LogP contribution in [0.4, 0.5) is 0 Å². The van der Waals surface area contributed by atoms with Crippen LogP contribution in [-0.2, 0) is 9.53 Å². The van der Waals surface area contributed by atoms with Crippen LogP contribution in [0.15, 0.2) is 80.1 Å². The second kappa shape index (κ2) is 9.75. The predicted octanol–water partition coefficient (Wildman–Crippen LogP) is 5.63. The highest BCUT2D eigenvalue weighted by Crippen LogP contribution is 2.35. The highest BCUT2D eigenvalue weighted by molar-refractivity contribution is 7.07. The number of hydrogen-bond acceptors (Lipinski definition) is 6. The normalized spacial score (nSPS) is 15.6. The van der Waals surface area contributed by atoms with E-state index in [1.807, 2.05) is 0 Å². The summed E-state index contributed by atoms with van der Waals surface area (Å²) in [6.07, 6.45) is 1.63. The molecule has 0 radical (unpaired) electrons. The highest BCUT2D eigenvalue weighted by Gasteiger charge is 2.34. The molecule has 0 amide bonds. The van der Waals surface area contributed by atoms with Crippen molar-refractivity contribution >= 4 is 58.2 Å². The van der Waals surface area contributed by atoms with Crippen LogP contribution in [0.3, 0.4) is 0 Å². The van der Waals surface area contributed by atoms with E-state index < -0.39 is 12.0 Å². The van der Waals surface area contributed by atoms with Crippen LogP contribution in [0.5, 0.6) is 0 Å². The first-order valence-electron chi connectivity index (χ1n) is 10.7. The summed E-state index contributed by atoms with van der Waals surface area (Å²) in [6, 6.07) is 14.9. The second-order valence-electron chi connectivity index (χ2n) is 7.92. The quantitative estimate of drug-likeness (QED) is 0.304. The van der Waals surface area contributed by atoms with Crippen molar-refractivity contribution in [2.24, 2.45) is 4.99 Å². The van der Waals surface area contributed by atoms with Crippen molar-refractivity contribution in [3.8, 4) is 11.3 Å². The lowest BCUT2D eigenvalue weighted by molar-refractivity contribution is -0.136. The molecule has 0 saturated carbocycles. The number of nitrogens with zero attached hydrogens (tertiary/aromatic N) is 2. The van der Waals surface area contributed by atoms with Crippen molar-refractivity contribution in [3.05, 3.63) is 112 Å². The number of carbonyl (C=O) groups is 1. The number of ether oxygens (including phenoxy) is 1. The molecule has 36 heavy (non-hydrogen) atoms. The van der Waals surface area contributed by atoms with Gasteiger partial charge >= 0.3 is 5.97 Å². The van der Waals surface area contributed by atoms with Gasteiger partial charge in [-0.2, -0.15) is 0 Å². The summed E-state index contributed by atoms with van der Waals surface area (Å²) < 4.78 is 12.8. The van der Waals surface area contributed by atoms with Gasteiger partial charge in [-0.3, -0.25) is 9.36 Å². The van der Waals surface area contributed by atoms with Gasteiger partial charge in [0.2, 0.25) is 0 Å². The van der Waals surface area contributed by atoms with Gasteiger partial charge in [0.15, 0.2) is 4.80 Å². The van der Waals surface area contributed by atoms with Gasteiger partial charge in [-0.1, -0.05) is 64.3 Å². The molecule has 182 valence electrons. The lowest BCUT2D eigenvalue weighted by Crippen LogP contribution is -2.39. The molecule has 0 bridgehead atoms. The van der Waals surface area contributed by atoms with Crippen molar-refractivity contribution < 1.29 is 13.9 Å². The van der Waals surface area contributed by atoms with E-state index >= 15 is 0 Å². The monoisotopic (exact) mass is 558 g/mol. The Hall–Kier alpha value is -3.10. The summed E-state index contributed by atoms with van der Waals surface area (Å²) in [5, 5.41) is 1.43. The maximum absolute atomic E-state index is 13.6. The zero-order valence-corrected chi connectivity index (χ0v) is 22.0. The van der Waals surface area contributed by atoms with Gasteiger partial charge in [0.05, 0.1) is 27.9 Å². The molecule has 5 rings (SSSR count). The van der Waals surface area contributed by atoms with E-state index in [2.05, 4.69) is 4.99 Å². The van der Waals surface area contributed by atoms with Gasteiger partial charge < -0.3 is 9.15 Å². The molecule has 0 fully saturated rings. The third-order valence-corrected chi connectivity index (χ3v) is 7.61. The number of benzene rings is 2. The number of carbonyl (C=O) groups excluding carboxylic acids is 1. The van der Waals surface area contributed by atoms with Gasteiger partial charge in [-0.15, -0.1) is 0 Å². The molecule has 3 heterocycles. The molecule has 1 aliphatic heterocycles. The molecule has 1 atom stereocenters. The van der Waals surface area contributed by atoms with Gasteiger partial charge in [0.1, 0.15) is 17.6 Å². The summed E-state index contributed by atoms with van der Waals surface area (Å²) in [5.74, 6) is 0.383. The molecular weight excluding hydrogens is 543 g/mol. The van der Waals surface area contributed by atoms with Crippen LogP contribution in [0.1, 0.15) is 24.3 Å². The van der Waals surface area contributed by atoms with Gasteiger partial charge in [0, 0.05) is 21.7 Å². The van der Waals surface area contributed by atoms with E-state index in [-0.39, 0.29) is 11.1 Å². The van der Waals surface area contributed by atoms with Gasteiger partial charge in [0.25, 0.3) is 5.56 Å². The Kier molecular flexibility index (Phi) is 6.66. The van der Waals surface area contributed by atoms with Crippen molar-refractivity contribution in [3.63, 3.8) is 0 Å². The number of fused-ring (bicyclic) bond motifs is 1. The van der Waals surface area contributed by atoms with E-state index in [0.29, 0.717) is 52.7 Å². The Morgan fingerprint density at radius 3 is 2.64 bits per heavy atom. The summed E-state index contributed by atoms with van der Waals surface area (Å²) in [5.41, 5.74) is 1.60. The zero-order valence-electron chi connectivity index (χ0n) is 18.9. The Bertz CT molecular complexity index is 1730. The molecule has 0 unspecified atom stereocenters. The molecule has 4 aromatic rings. The first-order valence-corrected chi connectivity index (χ1v) is 12.6.